The first-order valence-electron chi connectivity index (χ1n) is 7.04. The summed E-state index contributed by atoms with van der Waals surface area (Å²) in [5.74, 6) is 0.267. The third-order valence-corrected chi connectivity index (χ3v) is 4.32. The maximum atomic E-state index is 10.3. The number of hydrogen-bond donors (Lipinski definition) is 2. The van der Waals surface area contributed by atoms with Crippen LogP contribution in [0.5, 0.6) is 0 Å². The molecule has 1 aliphatic carbocycles. The van der Waals surface area contributed by atoms with Crippen LogP contribution in [0, 0.1) is 5.92 Å². The normalized spacial score (nSPS) is 22.6. The monoisotopic (exact) mass is 247 g/mol. The van der Waals surface area contributed by atoms with Gasteiger partial charge in [0.25, 0.3) is 0 Å². The molecule has 0 saturated carbocycles. The summed E-state index contributed by atoms with van der Waals surface area (Å²) in [6.07, 6.45) is 3.60. The molecule has 1 aromatic carbocycles. The van der Waals surface area contributed by atoms with Gasteiger partial charge in [0.05, 0.1) is 5.60 Å². The zero-order valence-corrected chi connectivity index (χ0v) is 11.7. The van der Waals surface area contributed by atoms with Crippen LogP contribution in [0.3, 0.4) is 0 Å². The van der Waals surface area contributed by atoms with E-state index in [1.165, 1.54) is 30.4 Å². The van der Waals surface area contributed by atoms with Crippen molar-refractivity contribution in [3.63, 3.8) is 0 Å². The molecule has 0 radical (unpaired) electrons. The van der Waals surface area contributed by atoms with Gasteiger partial charge in [-0.2, -0.15) is 0 Å². The lowest BCUT2D eigenvalue weighted by Gasteiger charge is -2.33. The van der Waals surface area contributed by atoms with E-state index in [9.17, 15) is 5.11 Å². The van der Waals surface area contributed by atoms with E-state index in [1.54, 1.807) is 0 Å². The van der Waals surface area contributed by atoms with E-state index in [-0.39, 0.29) is 5.92 Å². The van der Waals surface area contributed by atoms with Gasteiger partial charge in [0.2, 0.25) is 0 Å². The molecule has 2 rings (SSSR count). The van der Waals surface area contributed by atoms with E-state index in [0.29, 0.717) is 12.6 Å². The highest BCUT2D eigenvalue weighted by molar-refractivity contribution is 5.32. The maximum absolute atomic E-state index is 10.3. The SMILES string of the molecule is CC(C)C(C)(O)CNC1CCCc2ccccc21. The van der Waals surface area contributed by atoms with Crippen molar-refractivity contribution in [2.45, 2.75) is 51.7 Å². The number of rotatable bonds is 4. The quantitative estimate of drug-likeness (QED) is 0.857. The first-order chi connectivity index (χ1) is 8.50. The van der Waals surface area contributed by atoms with Crippen LogP contribution in [0.25, 0.3) is 0 Å². The lowest BCUT2D eigenvalue weighted by Crippen LogP contribution is -2.43. The molecule has 0 bridgehead atoms. The van der Waals surface area contributed by atoms with Crippen LogP contribution in [0.1, 0.15) is 50.8 Å². The lowest BCUT2D eigenvalue weighted by atomic mass is 9.86. The van der Waals surface area contributed by atoms with Gasteiger partial charge in [-0.3, -0.25) is 0 Å². The fraction of sp³-hybridized carbons (Fsp3) is 0.625. The van der Waals surface area contributed by atoms with E-state index in [4.69, 9.17) is 0 Å². The van der Waals surface area contributed by atoms with Crippen molar-refractivity contribution < 1.29 is 5.11 Å². The molecule has 0 fully saturated rings. The number of nitrogens with one attached hydrogen (secondary N) is 1. The van der Waals surface area contributed by atoms with Gasteiger partial charge in [-0.25, -0.2) is 0 Å². The molecule has 2 atom stereocenters. The van der Waals surface area contributed by atoms with Crippen molar-refractivity contribution in [3.8, 4) is 0 Å². The highest BCUT2D eigenvalue weighted by Crippen LogP contribution is 2.30. The van der Waals surface area contributed by atoms with Crippen molar-refractivity contribution in [1.29, 1.82) is 0 Å². The molecule has 1 aromatic rings. The zero-order chi connectivity index (χ0) is 13.2. The Morgan fingerprint density at radius 1 is 1.39 bits per heavy atom. The lowest BCUT2D eigenvalue weighted by molar-refractivity contribution is 0.0113. The summed E-state index contributed by atoms with van der Waals surface area (Å²) in [6.45, 7) is 6.70. The minimum Gasteiger partial charge on any atom is -0.389 e. The molecule has 0 aromatic heterocycles. The second-order valence-electron chi connectivity index (χ2n) is 6.04. The molecular formula is C16H25NO. The van der Waals surface area contributed by atoms with E-state index >= 15 is 0 Å². The predicted molar refractivity (Wildman–Crippen MR) is 75.6 cm³/mol. The van der Waals surface area contributed by atoms with E-state index in [1.807, 2.05) is 6.92 Å². The summed E-state index contributed by atoms with van der Waals surface area (Å²) in [6, 6.07) is 9.07. The second kappa shape index (κ2) is 5.41. The van der Waals surface area contributed by atoms with Gasteiger partial charge < -0.3 is 10.4 Å². The van der Waals surface area contributed by atoms with Crippen molar-refractivity contribution in [3.05, 3.63) is 35.4 Å². The van der Waals surface area contributed by atoms with Crippen molar-refractivity contribution >= 4 is 0 Å². The van der Waals surface area contributed by atoms with Gasteiger partial charge in [-0.1, -0.05) is 38.1 Å². The molecule has 18 heavy (non-hydrogen) atoms. The van der Waals surface area contributed by atoms with Crippen molar-refractivity contribution in [1.82, 2.24) is 5.32 Å². The van der Waals surface area contributed by atoms with E-state index < -0.39 is 5.60 Å². The Hall–Kier alpha value is -0.860. The van der Waals surface area contributed by atoms with Crippen LogP contribution in [-0.2, 0) is 6.42 Å². The van der Waals surface area contributed by atoms with Gasteiger partial charge in [-0.05, 0) is 43.2 Å². The first-order valence-corrected chi connectivity index (χ1v) is 7.04. The summed E-state index contributed by atoms with van der Waals surface area (Å²) in [5.41, 5.74) is 2.25. The third kappa shape index (κ3) is 2.93. The molecule has 2 heteroatoms. The molecule has 1 aliphatic rings. The Labute approximate surface area is 110 Å². The molecule has 100 valence electrons. The summed E-state index contributed by atoms with van der Waals surface area (Å²) >= 11 is 0. The molecular weight excluding hydrogens is 222 g/mol. The fourth-order valence-electron chi connectivity index (χ4n) is 2.50. The molecule has 0 spiro atoms. The molecule has 0 aliphatic heterocycles. The Morgan fingerprint density at radius 3 is 2.83 bits per heavy atom. The molecule has 2 nitrogen and oxygen atoms in total. The number of fused-ring (bicyclic) bond motifs is 1. The Morgan fingerprint density at radius 2 is 2.11 bits per heavy atom. The van der Waals surface area contributed by atoms with Crippen LogP contribution in [0.15, 0.2) is 24.3 Å². The second-order valence-corrected chi connectivity index (χ2v) is 6.04. The zero-order valence-electron chi connectivity index (χ0n) is 11.7. The minimum atomic E-state index is -0.633. The van der Waals surface area contributed by atoms with Gasteiger partial charge in [0.15, 0.2) is 0 Å². The van der Waals surface area contributed by atoms with Gasteiger partial charge in [0.1, 0.15) is 0 Å². The number of hydrogen-bond acceptors (Lipinski definition) is 2. The fourth-order valence-corrected chi connectivity index (χ4v) is 2.50. The smallest absolute Gasteiger partial charge is 0.0766 e. The number of aryl methyl sites for hydroxylation is 1. The van der Waals surface area contributed by atoms with Crippen LogP contribution in [0.2, 0.25) is 0 Å². The molecule has 0 saturated heterocycles. The Balaban J connectivity index is 2.04. The molecule has 0 heterocycles. The predicted octanol–water partition coefficient (Wildman–Crippen LogP) is 3.06. The van der Waals surface area contributed by atoms with Crippen molar-refractivity contribution in [2.75, 3.05) is 6.54 Å². The summed E-state index contributed by atoms with van der Waals surface area (Å²) < 4.78 is 0. The molecule has 2 N–H and O–H groups in total. The number of benzene rings is 1. The topological polar surface area (TPSA) is 32.3 Å². The Bertz CT molecular complexity index is 398. The summed E-state index contributed by atoms with van der Waals surface area (Å²) in [4.78, 5) is 0. The van der Waals surface area contributed by atoms with Crippen LogP contribution in [0.4, 0.5) is 0 Å². The van der Waals surface area contributed by atoms with Crippen LogP contribution >= 0.6 is 0 Å². The summed E-state index contributed by atoms with van der Waals surface area (Å²) in [7, 11) is 0. The maximum Gasteiger partial charge on any atom is 0.0766 e. The third-order valence-electron chi connectivity index (χ3n) is 4.32. The average molecular weight is 247 g/mol. The van der Waals surface area contributed by atoms with Gasteiger partial charge >= 0.3 is 0 Å². The summed E-state index contributed by atoms with van der Waals surface area (Å²) in [5, 5.41) is 13.9. The van der Waals surface area contributed by atoms with Crippen molar-refractivity contribution in [2.24, 2.45) is 5.92 Å². The largest absolute Gasteiger partial charge is 0.389 e. The first kappa shape index (κ1) is 13.6. The molecule has 0 amide bonds. The molecule has 2 unspecified atom stereocenters. The van der Waals surface area contributed by atoms with E-state index in [0.717, 1.165) is 0 Å². The Kier molecular flexibility index (Phi) is 4.08. The highest BCUT2D eigenvalue weighted by atomic mass is 16.3. The highest BCUT2D eigenvalue weighted by Gasteiger charge is 2.27. The van der Waals surface area contributed by atoms with Gasteiger partial charge in [-0.15, -0.1) is 0 Å². The van der Waals surface area contributed by atoms with Gasteiger partial charge in [0, 0.05) is 12.6 Å². The van der Waals surface area contributed by atoms with Crippen LogP contribution in [-0.4, -0.2) is 17.3 Å². The van der Waals surface area contributed by atoms with E-state index in [2.05, 4.69) is 43.4 Å². The number of aliphatic hydroxyl groups is 1. The standard InChI is InChI=1S/C16H25NO/c1-12(2)16(3,18)11-17-15-10-6-8-13-7-4-5-9-14(13)15/h4-5,7,9,12,15,17-18H,6,8,10-11H2,1-3H3. The van der Waals surface area contributed by atoms with Crippen LogP contribution < -0.4 is 5.32 Å². The average Bonchev–Trinajstić information content (AvgIpc) is 2.36. The minimum absolute atomic E-state index is 0.267.